The fourth-order valence-corrected chi connectivity index (χ4v) is 3.81. The first kappa shape index (κ1) is 19.9. The minimum absolute atomic E-state index is 0.310. The van der Waals surface area contributed by atoms with Crippen molar-refractivity contribution in [1.29, 1.82) is 0 Å². The molecule has 9 heteroatoms. The Hall–Kier alpha value is -2.39. The van der Waals surface area contributed by atoms with Gasteiger partial charge in [-0.05, 0) is 43.0 Å². The number of nitrogens with one attached hydrogen (secondary N) is 1. The third-order valence-corrected chi connectivity index (χ3v) is 5.47. The molecule has 0 aliphatic rings. The Morgan fingerprint density at radius 3 is 2.69 bits per heavy atom. The summed E-state index contributed by atoms with van der Waals surface area (Å²) in [7, 11) is -3.69. The average Bonchev–Trinajstić information content (AvgIpc) is 2.98. The van der Waals surface area contributed by atoms with E-state index in [-0.39, 0.29) is 0 Å². The largest absolute Gasteiger partial charge is 0.492 e. The van der Waals surface area contributed by atoms with Crippen molar-refractivity contribution in [2.45, 2.75) is 13.8 Å². The molecule has 0 aliphatic heterocycles. The van der Waals surface area contributed by atoms with E-state index in [1.807, 2.05) is 18.4 Å². The van der Waals surface area contributed by atoms with Gasteiger partial charge < -0.3 is 4.74 Å². The molecule has 140 valence electrons. The number of sulfonamides is 1. The number of anilines is 1. The van der Waals surface area contributed by atoms with Crippen LogP contribution in [0.25, 0.3) is 0 Å². The van der Waals surface area contributed by atoms with E-state index in [9.17, 15) is 13.2 Å². The fraction of sp³-hybridized carbons (Fsp3) is 0.294. The fourth-order valence-electron chi connectivity index (χ4n) is 2.17. The molecule has 0 radical (unpaired) electrons. The monoisotopic (exact) mass is 395 g/mol. The molecule has 0 aliphatic carbocycles. The Labute approximate surface area is 157 Å². The molecule has 0 unspecified atom stereocenters. The number of ether oxygens (including phenoxy) is 1. The van der Waals surface area contributed by atoms with Crippen LogP contribution in [0.2, 0.25) is 0 Å². The first-order valence-corrected chi connectivity index (χ1v) is 10.6. The van der Waals surface area contributed by atoms with Gasteiger partial charge in [0.2, 0.25) is 10.0 Å². The van der Waals surface area contributed by atoms with E-state index < -0.39 is 22.5 Å². The second-order valence-electron chi connectivity index (χ2n) is 5.43. The summed E-state index contributed by atoms with van der Waals surface area (Å²) in [4.78, 5) is 13.1. The number of nitrogens with zero attached hydrogens (tertiary/aromatic N) is 2. The molecule has 0 atom stereocenters. The maximum atomic E-state index is 12.2. The van der Waals surface area contributed by atoms with Crippen molar-refractivity contribution in [2.24, 2.45) is 5.10 Å². The number of carbonyl (C=O) groups is 1. The summed E-state index contributed by atoms with van der Waals surface area (Å²) in [5, 5.41) is 5.82. The van der Waals surface area contributed by atoms with Crippen LogP contribution in [-0.4, -0.2) is 39.9 Å². The molecule has 2 aromatic rings. The molecule has 0 saturated heterocycles. The minimum atomic E-state index is -3.69. The van der Waals surface area contributed by atoms with Crippen LogP contribution in [0.5, 0.6) is 5.75 Å². The average molecular weight is 396 g/mol. The highest BCUT2D eigenvalue weighted by Crippen LogP contribution is 2.29. The number of aryl methyl sites for hydroxylation is 1. The highest BCUT2D eigenvalue weighted by atomic mass is 32.2. The number of carbonyl (C=O) groups excluding carboxylic acids is 1. The first-order chi connectivity index (χ1) is 12.3. The molecule has 1 aromatic carbocycles. The van der Waals surface area contributed by atoms with Crippen molar-refractivity contribution >= 4 is 39.2 Å². The van der Waals surface area contributed by atoms with Gasteiger partial charge in [0, 0.05) is 4.88 Å². The van der Waals surface area contributed by atoms with Crippen LogP contribution in [0.15, 0.2) is 40.8 Å². The lowest BCUT2D eigenvalue weighted by Gasteiger charge is -2.23. The Bertz CT molecular complexity index is 891. The van der Waals surface area contributed by atoms with E-state index in [0.29, 0.717) is 18.0 Å². The molecular formula is C17H21N3O4S2. The number of thiophene rings is 1. The van der Waals surface area contributed by atoms with Crippen molar-refractivity contribution in [3.05, 3.63) is 46.2 Å². The maximum absolute atomic E-state index is 12.2. The second-order valence-corrected chi connectivity index (χ2v) is 8.29. The minimum Gasteiger partial charge on any atom is -0.492 e. The third-order valence-electron chi connectivity index (χ3n) is 3.39. The highest BCUT2D eigenvalue weighted by molar-refractivity contribution is 7.92. The Morgan fingerprint density at radius 1 is 1.35 bits per heavy atom. The number of amides is 1. The van der Waals surface area contributed by atoms with Crippen LogP contribution in [0.3, 0.4) is 0 Å². The second kappa shape index (κ2) is 8.81. The summed E-state index contributed by atoms with van der Waals surface area (Å²) in [6.07, 6.45) is 2.58. The Balaban J connectivity index is 2.15. The summed E-state index contributed by atoms with van der Waals surface area (Å²) in [6.45, 7) is 3.72. The third kappa shape index (κ3) is 5.30. The SMILES string of the molecule is CCOc1ccccc1N(CC(=O)N/N=C\c1sccc1C)S(C)(=O)=O. The van der Waals surface area contributed by atoms with Gasteiger partial charge in [0.1, 0.15) is 12.3 Å². The molecule has 1 amide bonds. The normalized spacial score (nSPS) is 11.5. The summed E-state index contributed by atoms with van der Waals surface area (Å²) in [5.74, 6) is -0.155. The smallest absolute Gasteiger partial charge is 0.260 e. The molecule has 0 bridgehead atoms. The zero-order chi connectivity index (χ0) is 19.2. The number of benzene rings is 1. The number of rotatable bonds is 8. The van der Waals surface area contributed by atoms with Crippen LogP contribution in [0.1, 0.15) is 17.4 Å². The molecule has 7 nitrogen and oxygen atoms in total. The van der Waals surface area contributed by atoms with Gasteiger partial charge in [-0.1, -0.05) is 12.1 Å². The summed E-state index contributed by atoms with van der Waals surface area (Å²) < 4.78 is 30.8. The Kier molecular flexibility index (Phi) is 6.76. The van der Waals surface area contributed by atoms with Crippen LogP contribution >= 0.6 is 11.3 Å². The number of hydrogen-bond donors (Lipinski definition) is 1. The molecule has 1 aromatic heterocycles. The van der Waals surface area contributed by atoms with Gasteiger partial charge >= 0.3 is 0 Å². The van der Waals surface area contributed by atoms with Crippen molar-refractivity contribution in [2.75, 3.05) is 23.7 Å². The molecular weight excluding hydrogens is 374 g/mol. The van der Waals surface area contributed by atoms with E-state index in [1.165, 1.54) is 17.6 Å². The van der Waals surface area contributed by atoms with Crippen molar-refractivity contribution in [3.8, 4) is 5.75 Å². The molecule has 0 saturated carbocycles. The quantitative estimate of drug-likeness (QED) is 0.549. The summed E-state index contributed by atoms with van der Waals surface area (Å²) >= 11 is 1.50. The van der Waals surface area contributed by atoms with E-state index in [2.05, 4.69) is 10.5 Å². The number of hydrogen-bond acceptors (Lipinski definition) is 6. The van der Waals surface area contributed by atoms with E-state index in [1.54, 1.807) is 31.2 Å². The molecule has 1 heterocycles. The van der Waals surface area contributed by atoms with E-state index in [0.717, 1.165) is 21.0 Å². The predicted octanol–water partition coefficient (Wildman–Crippen LogP) is 2.37. The maximum Gasteiger partial charge on any atom is 0.260 e. The topological polar surface area (TPSA) is 88.1 Å². The van der Waals surface area contributed by atoms with Crippen LogP contribution in [0, 0.1) is 6.92 Å². The van der Waals surface area contributed by atoms with Gasteiger partial charge in [-0.25, -0.2) is 13.8 Å². The van der Waals surface area contributed by atoms with Gasteiger partial charge in [-0.2, -0.15) is 5.10 Å². The number of para-hydroxylation sites is 2. The molecule has 1 N–H and O–H groups in total. The van der Waals surface area contributed by atoms with Crippen LogP contribution < -0.4 is 14.5 Å². The predicted molar refractivity (Wildman–Crippen MR) is 105 cm³/mol. The van der Waals surface area contributed by atoms with Crippen LogP contribution in [0.4, 0.5) is 5.69 Å². The molecule has 0 fully saturated rings. The highest BCUT2D eigenvalue weighted by Gasteiger charge is 2.23. The van der Waals surface area contributed by atoms with Crippen molar-refractivity contribution in [1.82, 2.24) is 5.43 Å². The summed E-state index contributed by atoms with van der Waals surface area (Å²) in [5.41, 5.74) is 3.72. The summed E-state index contributed by atoms with van der Waals surface area (Å²) in [6, 6.07) is 8.63. The lowest BCUT2D eigenvalue weighted by atomic mass is 10.3. The molecule has 26 heavy (non-hydrogen) atoms. The lowest BCUT2D eigenvalue weighted by Crippen LogP contribution is -2.39. The first-order valence-electron chi connectivity index (χ1n) is 7.88. The van der Waals surface area contributed by atoms with E-state index in [4.69, 9.17) is 4.74 Å². The number of hydrazone groups is 1. The van der Waals surface area contributed by atoms with Gasteiger partial charge in [-0.15, -0.1) is 11.3 Å². The van der Waals surface area contributed by atoms with Gasteiger partial charge in [0.15, 0.2) is 0 Å². The van der Waals surface area contributed by atoms with Crippen molar-refractivity contribution < 1.29 is 17.9 Å². The standard InChI is InChI=1S/C17H21N3O4S2/c1-4-24-15-8-6-5-7-14(15)20(26(3,22)23)12-17(21)19-18-11-16-13(2)9-10-25-16/h5-11H,4,12H2,1-3H3,(H,19,21)/b18-11-. The van der Waals surface area contributed by atoms with E-state index >= 15 is 0 Å². The van der Waals surface area contributed by atoms with Gasteiger partial charge in [0.05, 0.1) is 24.8 Å². The Morgan fingerprint density at radius 2 is 2.08 bits per heavy atom. The zero-order valence-corrected chi connectivity index (χ0v) is 16.4. The lowest BCUT2D eigenvalue weighted by molar-refractivity contribution is -0.119. The van der Waals surface area contributed by atoms with Crippen molar-refractivity contribution in [3.63, 3.8) is 0 Å². The van der Waals surface area contributed by atoms with Crippen LogP contribution in [-0.2, 0) is 14.8 Å². The van der Waals surface area contributed by atoms with Gasteiger partial charge in [0.25, 0.3) is 5.91 Å². The molecule has 2 rings (SSSR count). The zero-order valence-electron chi connectivity index (χ0n) is 14.8. The van der Waals surface area contributed by atoms with Gasteiger partial charge in [-0.3, -0.25) is 9.10 Å². The molecule has 0 spiro atoms.